The van der Waals surface area contributed by atoms with Crippen LogP contribution in [0, 0.1) is 13.8 Å². The summed E-state index contributed by atoms with van der Waals surface area (Å²) < 4.78 is 1.65. The smallest absolute Gasteiger partial charge is 0.255 e. The third-order valence-corrected chi connectivity index (χ3v) is 4.15. The summed E-state index contributed by atoms with van der Waals surface area (Å²) in [5.41, 5.74) is 5.35. The third-order valence-electron chi connectivity index (χ3n) is 4.15. The van der Waals surface area contributed by atoms with E-state index in [1.165, 1.54) is 6.33 Å². The lowest BCUT2D eigenvalue weighted by Gasteiger charge is -2.08. The fourth-order valence-corrected chi connectivity index (χ4v) is 2.61. The maximum atomic E-state index is 12.5. The molecule has 4 rings (SSSR count). The number of carbonyl (C=O) groups is 1. The molecule has 0 fully saturated rings. The number of nitrogens with zero attached hydrogens (tertiary/aromatic N) is 5. The molecule has 0 aliphatic heterocycles. The van der Waals surface area contributed by atoms with Gasteiger partial charge in [-0.15, -0.1) is 0 Å². The number of nitrogens with one attached hydrogen (secondary N) is 1. The summed E-state index contributed by atoms with van der Waals surface area (Å²) in [6, 6.07) is 12.7. The van der Waals surface area contributed by atoms with Gasteiger partial charge in [0.2, 0.25) is 0 Å². The minimum atomic E-state index is -0.194. The Labute approximate surface area is 149 Å². The topological polar surface area (TPSA) is 85.6 Å². The molecule has 0 bridgehead atoms. The summed E-state index contributed by atoms with van der Waals surface area (Å²) in [6.07, 6.45) is 3.09. The van der Waals surface area contributed by atoms with Gasteiger partial charge in [-0.2, -0.15) is 5.10 Å². The first-order chi connectivity index (χ1) is 12.6. The zero-order valence-electron chi connectivity index (χ0n) is 14.3. The number of rotatable bonds is 3. The Kier molecular flexibility index (Phi) is 3.89. The van der Waals surface area contributed by atoms with Gasteiger partial charge in [-0.1, -0.05) is 0 Å². The average Bonchev–Trinajstić information content (AvgIpc) is 3.17. The lowest BCUT2D eigenvalue weighted by atomic mass is 10.1. The molecule has 0 aliphatic rings. The van der Waals surface area contributed by atoms with Gasteiger partial charge in [0.05, 0.1) is 28.1 Å². The van der Waals surface area contributed by atoms with Crippen LogP contribution in [0.25, 0.3) is 16.7 Å². The minimum absolute atomic E-state index is 0.194. The number of amides is 1. The van der Waals surface area contributed by atoms with Gasteiger partial charge in [-0.05, 0) is 56.3 Å². The highest BCUT2D eigenvalue weighted by molar-refractivity contribution is 6.05. The molecule has 26 heavy (non-hydrogen) atoms. The highest BCUT2D eigenvalue weighted by Gasteiger charge is 2.09. The molecule has 128 valence electrons. The number of carbonyl (C=O) groups excluding carboxylic acids is 1. The predicted molar refractivity (Wildman–Crippen MR) is 98.3 cm³/mol. The summed E-state index contributed by atoms with van der Waals surface area (Å²) in [7, 11) is 0. The molecule has 1 N–H and O–H groups in total. The largest absolute Gasteiger partial charge is 0.322 e. The SMILES string of the molecule is Cc1nc2ccc(C(=O)Nc3ccc(-n4cncn4)cc3)cc2nc1C. The Morgan fingerprint density at radius 1 is 0.962 bits per heavy atom. The number of fused-ring (bicyclic) bond motifs is 1. The number of hydrogen-bond donors (Lipinski definition) is 1. The van der Waals surface area contributed by atoms with Crippen molar-refractivity contribution in [2.75, 3.05) is 5.32 Å². The van der Waals surface area contributed by atoms with Crippen LogP contribution in [-0.2, 0) is 0 Å². The molecule has 0 saturated carbocycles. The summed E-state index contributed by atoms with van der Waals surface area (Å²) in [4.78, 5) is 25.4. The Balaban J connectivity index is 1.56. The number of benzene rings is 2. The van der Waals surface area contributed by atoms with Gasteiger partial charge in [-0.3, -0.25) is 4.79 Å². The van der Waals surface area contributed by atoms with Crippen LogP contribution in [0.2, 0.25) is 0 Å². The van der Waals surface area contributed by atoms with Gasteiger partial charge in [0.1, 0.15) is 12.7 Å². The highest BCUT2D eigenvalue weighted by Crippen LogP contribution is 2.17. The molecule has 0 atom stereocenters. The third kappa shape index (κ3) is 3.02. The van der Waals surface area contributed by atoms with Crippen molar-refractivity contribution in [3.8, 4) is 5.69 Å². The predicted octanol–water partition coefficient (Wildman–Crippen LogP) is 3.08. The van der Waals surface area contributed by atoms with Crippen molar-refractivity contribution in [2.24, 2.45) is 0 Å². The first-order valence-corrected chi connectivity index (χ1v) is 8.11. The lowest BCUT2D eigenvalue weighted by molar-refractivity contribution is 0.102. The molecule has 0 saturated heterocycles. The van der Waals surface area contributed by atoms with E-state index in [1.54, 1.807) is 23.1 Å². The number of anilines is 1. The molecule has 7 heteroatoms. The van der Waals surface area contributed by atoms with Gasteiger partial charge in [-0.25, -0.2) is 19.6 Å². The van der Waals surface area contributed by atoms with Crippen LogP contribution < -0.4 is 5.32 Å². The standard InChI is InChI=1S/C19H16N6O/c1-12-13(2)23-18-9-14(3-8-17(18)22-12)19(26)24-15-4-6-16(7-5-15)25-11-20-10-21-25/h3-11H,1-2H3,(H,24,26). The average molecular weight is 344 g/mol. The minimum Gasteiger partial charge on any atom is -0.322 e. The van der Waals surface area contributed by atoms with Crippen LogP contribution in [0.1, 0.15) is 21.7 Å². The quantitative estimate of drug-likeness (QED) is 0.617. The molecule has 2 aromatic heterocycles. The molecule has 2 heterocycles. The van der Waals surface area contributed by atoms with E-state index >= 15 is 0 Å². The van der Waals surface area contributed by atoms with Crippen LogP contribution in [-0.4, -0.2) is 30.6 Å². The first-order valence-electron chi connectivity index (χ1n) is 8.11. The molecular formula is C19H16N6O. The molecule has 2 aromatic carbocycles. The second-order valence-electron chi connectivity index (χ2n) is 5.94. The molecule has 4 aromatic rings. The van der Waals surface area contributed by atoms with Crippen molar-refractivity contribution in [3.05, 3.63) is 72.1 Å². The van der Waals surface area contributed by atoms with Crippen molar-refractivity contribution in [3.63, 3.8) is 0 Å². The van der Waals surface area contributed by atoms with Crippen molar-refractivity contribution in [1.29, 1.82) is 0 Å². The van der Waals surface area contributed by atoms with E-state index in [0.29, 0.717) is 16.8 Å². The van der Waals surface area contributed by atoms with Gasteiger partial charge < -0.3 is 5.32 Å². The molecule has 0 unspecified atom stereocenters. The summed E-state index contributed by atoms with van der Waals surface area (Å²) in [5.74, 6) is -0.194. The van der Waals surface area contributed by atoms with Crippen molar-refractivity contribution >= 4 is 22.6 Å². The van der Waals surface area contributed by atoms with E-state index < -0.39 is 0 Å². The zero-order chi connectivity index (χ0) is 18.1. The van der Waals surface area contributed by atoms with Crippen LogP contribution in [0.15, 0.2) is 55.1 Å². The van der Waals surface area contributed by atoms with E-state index in [0.717, 1.165) is 22.6 Å². The fraction of sp³-hybridized carbons (Fsp3) is 0.105. The molecule has 0 radical (unpaired) electrons. The summed E-state index contributed by atoms with van der Waals surface area (Å²) >= 11 is 0. The normalized spacial score (nSPS) is 10.8. The van der Waals surface area contributed by atoms with Gasteiger partial charge in [0, 0.05) is 11.3 Å². The van der Waals surface area contributed by atoms with E-state index in [4.69, 9.17) is 0 Å². The highest BCUT2D eigenvalue weighted by atomic mass is 16.1. The fourth-order valence-electron chi connectivity index (χ4n) is 2.61. The maximum Gasteiger partial charge on any atom is 0.255 e. The first kappa shape index (κ1) is 15.9. The Morgan fingerprint density at radius 2 is 1.69 bits per heavy atom. The van der Waals surface area contributed by atoms with Gasteiger partial charge in [0.25, 0.3) is 5.91 Å². The second-order valence-corrected chi connectivity index (χ2v) is 5.94. The number of aromatic nitrogens is 5. The Bertz CT molecular complexity index is 1090. The van der Waals surface area contributed by atoms with Crippen LogP contribution in [0.3, 0.4) is 0 Å². The molecular weight excluding hydrogens is 328 g/mol. The lowest BCUT2D eigenvalue weighted by Crippen LogP contribution is -2.12. The zero-order valence-corrected chi connectivity index (χ0v) is 14.3. The van der Waals surface area contributed by atoms with Crippen LogP contribution in [0.4, 0.5) is 5.69 Å². The monoisotopic (exact) mass is 344 g/mol. The van der Waals surface area contributed by atoms with E-state index in [1.807, 2.05) is 44.2 Å². The van der Waals surface area contributed by atoms with Crippen molar-refractivity contribution in [2.45, 2.75) is 13.8 Å². The molecule has 7 nitrogen and oxygen atoms in total. The summed E-state index contributed by atoms with van der Waals surface area (Å²) in [6.45, 7) is 3.83. The van der Waals surface area contributed by atoms with Crippen LogP contribution >= 0.6 is 0 Å². The number of aryl methyl sites for hydroxylation is 2. The molecule has 1 amide bonds. The van der Waals surface area contributed by atoms with Crippen molar-refractivity contribution in [1.82, 2.24) is 24.7 Å². The Hall–Kier alpha value is -3.61. The van der Waals surface area contributed by atoms with Crippen molar-refractivity contribution < 1.29 is 4.79 Å². The molecule has 0 spiro atoms. The van der Waals surface area contributed by atoms with E-state index in [-0.39, 0.29) is 5.91 Å². The Morgan fingerprint density at radius 3 is 2.38 bits per heavy atom. The second kappa shape index (κ2) is 6.36. The van der Waals surface area contributed by atoms with Crippen LogP contribution in [0.5, 0.6) is 0 Å². The van der Waals surface area contributed by atoms with E-state index in [2.05, 4.69) is 25.4 Å². The van der Waals surface area contributed by atoms with Gasteiger partial charge in [0.15, 0.2) is 0 Å². The molecule has 0 aliphatic carbocycles. The maximum absolute atomic E-state index is 12.5. The number of hydrogen-bond acceptors (Lipinski definition) is 5. The van der Waals surface area contributed by atoms with E-state index in [9.17, 15) is 4.79 Å². The van der Waals surface area contributed by atoms with Gasteiger partial charge >= 0.3 is 0 Å². The summed E-state index contributed by atoms with van der Waals surface area (Å²) in [5, 5.41) is 6.96.